The van der Waals surface area contributed by atoms with Crippen molar-refractivity contribution < 1.29 is 9.59 Å². The van der Waals surface area contributed by atoms with Gasteiger partial charge in [0.05, 0.1) is 15.9 Å². The van der Waals surface area contributed by atoms with Gasteiger partial charge in [-0.25, -0.2) is 4.98 Å². The SMILES string of the molecule is C=C1c2ccccc2C(=O)N1CC(=O)Nc1ccccc1-c1nc2ccccc2s1. The molecule has 0 radical (unpaired) electrons. The number of para-hydroxylation sites is 2. The minimum atomic E-state index is -0.286. The van der Waals surface area contributed by atoms with E-state index in [9.17, 15) is 9.59 Å². The normalized spacial score (nSPS) is 13.0. The maximum absolute atomic E-state index is 12.8. The van der Waals surface area contributed by atoms with Crippen LogP contribution in [0.15, 0.2) is 79.4 Å². The van der Waals surface area contributed by atoms with Crippen LogP contribution in [0.3, 0.4) is 0 Å². The van der Waals surface area contributed by atoms with Crippen LogP contribution in [0.1, 0.15) is 15.9 Å². The Labute approximate surface area is 177 Å². The number of nitrogens with zero attached hydrogens (tertiary/aromatic N) is 2. The number of aromatic nitrogens is 1. The van der Waals surface area contributed by atoms with Gasteiger partial charge in [-0.15, -0.1) is 11.3 Å². The highest BCUT2D eigenvalue weighted by Crippen LogP contribution is 2.35. The smallest absolute Gasteiger partial charge is 0.259 e. The Hall–Kier alpha value is -3.77. The lowest BCUT2D eigenvalue weighted by molar-refractivity contribution is -0.116. The van der Waals surface area contributed by atoms with E-state index in [0.717, 1.165) is 26.4 Å². The van der Waals surface area contributed by atoms with E-state index in [1.165, 1.54) is 4.90 Å². The quantitative estimate of drug-likeness (QED) is 0.512. The molecule has 3 aromatic carbocycles. The lowest BCUT2D eigenvalue weighted by Gasteiger charge is -2.17. The Kier molecular flexibility index (Phi) is 4.41. The van der Waals surface area contributed by atoms with Gasteiger partial charge in [0, 0.05) is 22.4 Å². The number of thiazole rings is 1. The second-order valence-corrected chi connectivity index (χ2v) is 7.99. The Bertz CT molecular complexity index is 1260. The zero-order valence-corrected chi connectivity index (χ0v) is 16.8. The largest absolute Gasteiger partial charge is 0.324 e. The maximum Gasteiger partial charge on any atom is 0.259 e. The minimum absolute atomic E-state index is 0.0967. The second-order valence-electron chi connectivity index (χ2n) is 6.96. The topological polar surface area (TPSA) is 62.3 Å². The van der Waals surface area contributed by atoms with Crippen LogP contribution in [-0.4, -0.2) is 28.2 Å². The third-order valence-electron chi connectivity index (χ3n) is 5.07. The molecule has 0 spiro atoms. The number of anilines is 1. The molecule has 2 amide bonds. The summed E-state index contributed by atoms with van der Waals surface area (Å²) in [6, 6.07) is 22.8. The van der Waals surface area contributed by atoms with E-state index in [1.807, 2.05) is 66.7 Å². The summed E-state index contributed by atoms with van der Waals surface area (Å²) in [5.41, 5.74) is 4.33. The number of benzene rings is 3. The molecule has 5 rings (SSSR count). The number of hydrogen-bond acceptors (Lipinski definition) is 4. The molecule has 0 aliphatic carbocycles. The molecule has 0 atom stereocenters. The predicted octanol–water partition coefficient (Wildman–Crippen LogP) is 5.03. The number of carbonyl (C=O) groups excluding carboxylic acids is 2. The summed E-state index contributed by atoms with van der Waals surface area (Å²) in [7, 11) is 0. The van der Waals surface area contributed by atoms with Crippen molar-refractivity contribution >= 4 is 44.8 Å². The summed E-state index contributed by atoms with van der Waals surface area (Å²) >= 11 is 1.58. The fourth-order valence-electron chi connectivity index (χ4n) is 3.60. The predicted molar refractivity (Wildman–Crippen MR) is 120 cm³/mol. The summed E-state index contributed by atoms with van der Waals surface area (Å²) in [6.07, 6.45) is 0. The average Bonchev–Trinajstić information content (AvgIpc) is 3.30. The lowest BCUT2D eigenvalue weighted by atomic mass is 10.1. The molecule has 0 fully saturated rings. The van der Waals surface area contributed by atoms with Crippen molar-refractivity contribution in [1.29, 1.82) is 0 Å². The Morgan fingerprint density at radius 3 is 2.37 bits per heavy atom. The zero-order valence-electron chi connectivity index (χ0n) is 16.0. The van der Waals surface area contributed by atoms with Crippen molar-refractivity contribution in [2.45, 2.75) is 0 Å². The van der Waals surface area contributed by atoms with Crippen LogP contribution in [0.5, 0.6) is 0 Å². The molecule has 0 saturated heterocycles. The van der Waals surface area contributed by atoms with Gasteiger partial charge in [0.25, 0.3) is 5.91 Å². The Balaban J connectivity index is 1.39. The molecule has 146 valence electrons. The molecule has 0 saturated carbocycles. The van der Waals surface area contributed by atoms with Crippen LogP contribution in [-0.2, 0) is 4.79 Å². The first kappa shape index (κ1) is 18.3. The van der Waals surface area contributed by atoms with Crippen LogP contribution in [0, 0.1) is 0 Å². The summed E-state index contributed by atoms with van der Waals surface area (Å²) in [4.78, 5) is 31.6. The number of carbonyl (C=O) groups is 2. The van der Waals surface area contributed by atoms with Crippen molar-refractivity contribution in [1.82, 2.24) is 9.88 Å². The maximum atomic E-state index is 12.8. The highest BCUT2D eigenvalue weighted by atomic mass is 32.1. The van der Waals surface area contributed by atoms with Crippen LogP contribution in [0.2, 0.25) is 0 Å². The molecule has 30 heavy (non-hydrogen) atoms. The first-order valence-corrected chi connectivity index (χ1v) is 10.3. The van der Waals surface area contributed by atoms with Gasteiger partial charge in [-0.2, -0.15) is 0 Å². The monoisotopic (exact) mass is 411 g/mol. The van der Waals surface area contributed by atoms with Gasteiger partial charge in [0.1, 0.15) is 11.6 Å². The number of hydrogen-bond donors (Lipinski definition) is 1. The van der Waals surface area contributed by atoms with Crippen molar-refractivity contribution in [2.24, 2.45) is 0 Å². The van der Waals surface area contributed by atoms with Crippen LogP contribution < -0.4 is 5.32 Å². The molecule has 0 bridgehead atoms. The lowest BCUT2D eigenvalue weighted by Crippen LogP contribution is -2.32. The Morgan fingerprint density at radius 1 is 0.933 bits per heavy atom. The average molecular weight is 411 g/mol. The van der Waals surface area contributed by atoms with Gasteiger partial charge in [-0.1, -0.05) is 49.0 Å². The third-order valence-corrected chi connectivity index (χ3v) is 6.14. The zero-order chi connectivity index (χ0) is 20.7. The molecule has 4 aromatic rings. The van der Waals surface area contributed by atoms with Crippen molar-refractivity contribution in [3.05, 3.63) is 90.5 Å². The first-order valence-electron chi connectivity index (χ1n) is 9.47. The van der Waals surface area contributed by atoms with Crippen LogP contribution in [0.4, 0.5) is 5.69 Å². The number of amides is 2. The minimum Gasteiger partial charge on any atom is -0.324 e. The molecular formula is C24H17N3O2S. The highest BCUT2D eigenvalue weighted by Gasteiger charge is 2.32. The van der Waals surface area contributed by atoms with Crippen molar-refractivity contribution in [3.63, 3.8) is 0 Å². The van der Waals surface area contributed by atoms with Gasteiger partial charge >= 0.3 is 0 Å². The summed E-state index contributed by atoms with van der Waals surface area (Å²) in [5, 5.41) is 3.78. The number of nitrogens with one attached hydrogen (secondary N) is 1. The molecule has 1 aromatic heterocycles. The molecule has 1 N–H and O–H groups in total. The molecule has 1 aliphatic rings. The molecule has 6 heteroatoms. The molecule has 0 unspecified atom stereocenters. The number of rotatable bonds is 4. The third kappa shape index (κ3) is 3.07. The van der Waals surface area contributed by atoms with Gasteiger partial charge in [-0.3, -0.25) is 14.5 Å². The van der Waals surface area contributed by atoms with Crippen LogP contribution in [0.25, 0.3) is 26.5 Å². The fourth-order valence-corrected chi connectivity index (χ4v) is 4.61. The van der Waals surface area contributed by atoms with E-state index in [2.05, 4.69) is 11.9 Å². The molecule has 5 nitrogen and oxygen atoms in total. The first-order chi connectivity index (χ1) is 14.6. The number of fused-ring (bicyclic) bond motifs is 2. The molecule has 1 aliphatic heterocycles. The van der Waals surface area contributed by atoms with Crippen LogP contribution >= 0.6 is 11.3 Å². The van der Waals surface area contributed by atoms with Gasteiger partial charge in [-0.05, 0) is 30.3 Å². The van der Waals surface area contributed by atoms with Gasteiger partial charge < -0.3 is 5.32 Å². The molecular weight excluding hydrogens is 394 g/mol. The summed E-state index contributed by atoms with van der Waals surface area (Å²) < 4.78 is 1.09. The van der Waals surface area contributed by atoms with E-state index in [-0.39, 0.29) is 18.4 Å². The van der Waals surface area contributed by atoms with E-state index >= 15 is 0 Å². The van der Waals surface area contributed by atoms with E-state index in [4.69, 9.17) is 4.98 Å². The summed E-state index contributed by atoms with van der Waals surface area (Å²) in [6.45, 7) is 3.90. The van der Waals surface area contributed by atoms with Gasteiger partial charge in [0.15, 0.2) is 0 Å². The second kappa shape index (κ2) is 7.24. The highest BCUT2D eigenvalue weighted by molar-refractivity contribution is 7.21. The van der Waals surface area contributed by atoms with Gasteiger partial charge in [0.2, 0.25) is 5.91 Å². The Morgan fingerprint density at radius 2 is 1.60 bits per heavy atom. The summed E-state index contributed by atoms with van der Waals surface area (Å²) in [5.74, 6) is -0.490. The van der Waals surface area contributed by atoms with E-state index in [1.54, 1.807) is 17.4 Å². The standard InChI is InChI=1S/C24H17N3O2S/c1-15-16-8-2-3-9-17(16)24(29)27(15)14-22(28)25-19-11-5-4-10-18(19)23-26-20-12-6-7-13-21(20)30-23/h2-13H,1,14H2,(H,25,28). The van der Waals surface area contributed by atoms with Crippen molar-refractivity contribution in [3.8, 4) is 10.6 Å². The van der Waals surface area contributed by atoms with Crippen molar-refractivity contribution in [2.75, 3.05) is 11.9 Å². The molecule has 2 heterocycles. The van der Waals surface area contributed by atoms with E-state index < -0.39 is 0 Å². The van der Waals surface area contributed by atoms with E-state index in [0.29, 0.717) is 16.9 Å². The fraction of sp³-hybridized carbons (Fsp3) is 0.0417.